The first-order valence-corrected chi connectivity index (χ1v) is 11.0. The minimum absolute atomic E-state index is 0.0845. The maximum Gasteiger partial charge on any atom is 0.254 e. The van der Waals surface area contributed by atoms with Crippen molar-refractivity contribution in [2.75, 3.05) is 39.3 Å². The summed E-state index contributed by atoms with van der Waals surface area (Å²) in [5.74, 6) is 0.610. The first kappa shape index (κ1) is 20.1. The van der Waals surface area contributed by atoms with Gasteiger partial charge in [0.15, 0.2) is 0 Å². The van der Waals surface area contributed by atoms with Gasteiger partial charge in [0.2, 0.25) is 0 Å². The number of carbonyl (C=O) groups is 1. The molecule has 2 aromatic rings. The first-order valence-electron chi connectivity index (χ1n) is 11.0. The molecule has 0 spiro atoms. The summed E-state index contributed by atoms with van der Waals surface area (Å²) in [5.41, 5.74) is 2.80. The van der Waals surface area contributed by atoms with Crippen LogP contribution < -0.4 is 0 Å². The molecule has 1 N–H and O–H groups in total. The van der Waals surface area contributed by atoms with Gasteiger partial charge in [-0.05, 0) is 49.0 Å². The molecule has 0 bridgehead atoms. The lowest BCUT2D eigenvalue weighted by atomic mass is 9.96. The summed E-state index contributed by atoms with van der Waals surface area (Å²) >= 11 is 0. The summed E-state index contributed by atoms with van der Waals surface area (Å²) in [6.07, 6.45) is 5.18. The largest absolute Gasteiger partial charge is 0.396 e. The molecular weight excluding hydrogens is 360 g/mol. The number of aliphatic hydroxyl groups excluding tert-OH is 1. The molecule has 154 valence electrons. The lowest BCUT2D eigenvalue weighted by molar-refractivity contribution is 0.0780. The summed E-state index contributed by atoms with van der Waals surface area (Å²) < 4.78 is 0. The number of carbonyl (C=O) groups excluding carboxylic acids is 1. The Morgan fingerprint density at radius 1 is 0.862 bits per heavy atom. The molecule has 0 radical (unpaired) electrons. The fourth-order valence-corrected chi connectivity index (χ4v) is 4.88. The number of benzene rings is 2. The Balaban J connectivity index is 1.50. The van der Waals surface area contributed by atoms with Crippen LogP contribution >= 0.6 is 0 Å². The molecule has 2 saturated heterocycles. The van der Waals surface area contributed by atoms with Crippen LogP contribution in [0.1, 0.15) is 36.0 Å². The molecule has 2 aliphatic heterocycles. The molecule has 4 heteroatoms. The molecule has 2 aliphatic rings. The van der Waals surface area contributed by atoms with E-state index in [2.05, 4.69) is 17.0 Å². The molecule has 4 nitrogen and oxygen atoms in total. The number of rotatable bonds is 5. The normalized spacial score (nSPS) is 23.1. The van der Waals surface area contributed by atoms with Crippen molar-refractivity contribution in [3.8, 4) is 11.1 Å². The average Bonchev–Trinajstić information content (AvgIpc) is 3.00. The number of aliphatic hydroxyl groups is 1. The molecule has 2 unspecified atom stereocenters. The van der Waals surface area contributed by atoms with E-state index in [-0.39, 0.29) is 18.4 Å². The van der Waals surface area contributed by atoms with Crippen LogP contribution in [0.3, 0.4) is 0 Å². The van der Waals surface area contributed by atoms with E-state index >= 15 is 0 Å². The Morgan fingerprint density at radius 2 is 1.52 bits per heavy atom. The van der Waals surface area contributed by atoms with Crippen LogP contribution in [0.2, 0.25) is 0 Å². The number of amides is 1. The molecule has 2 fully saturated rings. The van der Waals surface area contributed by atoms with E-state index < -0.39 is 0 Å². The van der Waals surface area contributed by atoms with Crippen molar-refractivity contribution in [1.29, 1.82) is 0 Å². The number of likely N-dealkylation sites (tertiary alicyclic amines) is 2. The monoisotopic (exact) mass is 392 g/mol. The van der Waals surface area contributed by atoms with Crippen LogP contribution in [0.25, 0.3) is 11.1 Å². The summed E-state index contributed by atoms with van der Waals surface area (Å²) in [5, 5.41) is 9.97. The highest BCUT2D eigenvalue weighted by atomic mass is 16.3. The maximum atomic E-state index is 13.4. The molecule has 2 atom stereocenters. The SMILES string of the molecule is O=C(c1ccccc1-c1ccccc1)N1CC(CO)C(CN2CCCCCC2)C1. The van der Waals surface area contributed by atoms with Crippen LogP contribution in [0.4, 0.5) is 0 Å². The Bertz CT molecular complexity index is 799. The third kappa shape index (κ3) is 4.71. The summed E-state index contributed by atoms with van der Waals surface area (Å²) in [7, 11) is 0. The van der Waals surface area contributed by atoms with Gasteiger partial charge in [-0.15, -0.1) is 0 Å². The lowest BCUT2D eigenvalue weighted by Crippen LogP contribution is -2.35. The number of hydrogen-bond acceptors (Lipinski definition) is 3. The molecule has 29 heavy (non-hydrogen) atoms. The second-order valence-electron chi connectivity index (χ2n) is 8.54. The van der Waals surface area contributed by atoms with E-state index in [1.165, 1.54) is 25.7 Å². The van der Waals surface area contributed by atoms with Gasteiger partial charge in [-0.3, -0.25) is 4.79 Å². The van der Waals surface area contributed by atoms with Crippen molar-refractivity contribution in [3.05, 3.63) is 60.2 Å². The second-order valence-corrected chi connectivity index (χ2v) is 8.54. The third-order valence-corrected chi connectivity index (χ3v) is 6.53. The quantitative estimate of drug-likeness (QED) is 0.839. The van der Waals surface area contributed by atoms with Crippen LogP contribution in [0.15, 0.2) is 54.6 Å². The zero-order valence-corrected chi connectivity index (χ0v) is 17.2. The number of nitrogens with zero attached hydrogens (tertiary/aromatic N) is 2. The van der Waals surface area contributed by atoms with E-state index in [4.69, 9.17) is 0 Å². The predicted molar refractivity (Wildman–Crippen MR) is 117 cm³/mol. The van der Waals surface area contributed by atoms with Crippen molar-refractivity contribution in [1.82, 2.24) is 9.80 Å². The molecule has 0 aliphatic carbocycles. The lowest BCUT2D eigenvalue weighted by Gasteiger charge is -2.26. The third-order valence-electron chi connectivity index (χ3n) is 6.53. The molecule has 2 heterocycles. The maximum absolute atomic E-state index is 13.4. The Morgan fingerprint density at radius 3 is 2.24 bits per heavy atom. The summed E-state index contributed by atoms with van der Waals surface area (Å²) in [6, 6.07) is 18.0. The molecule has 2 aromatic carbocycles. The molecule has 4 rings (SSSR count). The van der Waals surface area contributed by atoms with E-state index in [1.54, 1.807) is 0 Å². The number of hydrogen-bond donors (Lipinski definition) is 1. The van der Waals surface area contributed by atoms with E-state index in [9.17, 15) is 9.90 Å². The van der Waals surface area contributed by atoms with Crippen molar-refractivity contribution in [2.24, 2.45) is 11.8 Å². The predicted octanol–water partition coefficient (Wildman–Crippen LogP) is 3.91. The minimum atomic E-state index is 0.0845. The van der Waals surface area contributed by atoms with Crippen molar-refractivity contribution in [2.45, 2.75) is 25.7 Å². The Hall–Kier alpha value is -2.17. The van der Waals surface area contributed by atoms with E-state index in [0.29, 0.717) is 12.5 Å². The van der Waals surface area contributed by atoms with Crippen LogP contribution in [-0.2, 0) is 0 Å². The van der Waals surface area contributed by atoms with Crippen LogP contribution in [0, 0.1) is 11.8 Å². The van der Waals surface area contributed by atoms with Gasteiger partial charge in [0.25, 0.3) is 5.91 Å². The smallest absolute Gasteiger partial charge is 0.254 e. The highest BCUT2D eigenvalue weighted by Crippen LogP contribution is 2.30. The van der Waals surface area contributed by atoms with E-state index in [0.717, 1.165) is 42.9 Å². The standard InChI is InChI=1S/C25H32N2O2/c28-19-22-18-27(17-21(22)16-26-14-8-1-2-9-15-26)25(29)24-13-7-6-12-23(24)20-10-4-3-5-11-20/h3-7,10-13,21-22,28H,1-2,8-9,14-19H2. The van der Waals surface area contributed by atoms with Gasteiger partial charge < -0.3 is 14.9 Å². The van der Waals surface area contributed by atoms with Crippen molar-refractivity contribution >= 4 is 5.91 Å². The van der Waals surface area contributed by atoms with Crippen molar-refractivity contribution in [3.63, 3.8) is 0 Å². The summed E-state index contributed by atoms with van der Waals surface area (Å²) in [6.45, 7) is 4.84. The highest BCUT2D eigenvalue weighted by molar-refractivity contribution is 6.01. The fraction of sp³-hybridized carbons (Fsp3) is 0.480. The van der Waals surface area contributed by atoms with Crippen LogP contribution in [0.5, 0.6) is 0 Å². The summed E-state index contributed by atoms with van der Waals surface area (Å²) in [4.78, 5) is 17.9. The van der Waals surface area contributed by atoms with Gasteiger partial charge in [0, 0.05) is 37.7 Å². The Labute approximate surface area is 174 Å². The van der Waals surface area contributed by atoms with Gasteiger partial charge in [-0.1, -0.05) is 61.4 Å². The van der Waals surface area contributed by atoms with Gasteiger partial charge >= 0.3 is 0 Å². The zero-order valence-electron chi connectivity index (χ0n) is 17.2. The van der Waals surface area contributed by atoms with Gasteiger partial charge in [0.1, 0.15) is 0 Å². The Kier molecular flexibility index (Phi) is 6.63. The van der Waals surface area contributed by atoms with E-state index in [1.807, 2.05) is 47.4 Å². The van der Waals surface area contributed by atoms with Crippen LogP contribution in [-0.4, -0.2) is 60.1 Å². The van der Waals surface area contributed by atoms with Gasteiger partial charge in [-0.2, -0.15) is 0 Å². The van der Waals surface area contributed by atoms with Gasteiger partial charge in [0.05, 0.1) is 0 Å². The molecule has 0 aromatic heterocycles. The fourth-order valence-electron chi connectivity index (χ4n) is 4.88. The minimum Gasteiger partial charge on any atom is -0.396 e. The zero-order chi connectivity index (χ0) is 20.1. The molecule has 0 saturated carbocycles. The van der Waals surface area contributed by atoms with Crippen molar-refractivity contribution < 1.29 is 9.90 Å². The topological polar surface area (TPSA) is 43.8 Å². The molecule has 1 amide bonds. The second kappa shape index (κ2) is 9.55. The highest BCUT2D eigenvalue weighted by Gasteiger charge is 2.36. The molecular formula is C25H32N2O2. The van der Waals surface area contributed by atoms with Gasteiger partial charge in [-0.25, -0.2) is 0 Å². The average molecular weight is 393 g/mol. The first-order chi connectivity index (χ1) is 14.3.